The van der Waals surface area contributed by atoms with Gasteiger partial charge in [-0.05, 0) is 69.1 Å². The molecule has 5 rings (SSSR count). The summed E-state index contributed by atoms with van der Waals surface area (Å²) in [7, 11) is 0. The fourth-order valence-electron chi connectivity index (χ4n) is 4.33. The van der Waals surface area contributed by atoms with Gasteiger partial charge >= 0.3 is 5.97 Å². The van der Waals surface area contributed by atoms with Crippen molar-refractivity contribution in [1.82, 2.24) is 9.97 Å². The number of esters is 1. The van der Waals surface area contributed by atoms with Gasteiger partial charge in [-0.15, -0.1) is 0 Å². The highest BCUT2D eigenvalue weighted by atomic mass is 32.2. The SMILES string of the molecule is CC(C)(C)OC(=O)C1C(C(=O)c2c[nH]c3cc(C#Cc4ccccc4)ccc23)CSN1c1cccnc1. The number of H-pyrrole nitrogens is 1. The van der Waals surface area contributed by atoms with Gasteiger partial charge in [0, 0.05) is 45.7 Å². The molecule has 0 radical (unpaired) electrons. The number of ketones is 1. The number of carbonyl (C=O) groups is 2. The first-order valence-electron chi connectivity index (χ1n) is 12.1. The predicted octanol–water partition coefficient (Wildman–Crippen LogP) is 5.64. The van der Waals surface area contributed by atoms with Gasteiger partial charge in [-0.3, -0.25) is 14.1 Å². The summed E-state index contributed by atoms with van der Waals surface area (Å²) in [5.41, 5.74) is 3.27. The van der Waals surface area contributed by atoms with Crippen LogP contribution in [0.3, 0.4) is 0 Å². The first-order chi connectivity index (χ1) is 17.8. The maximum atomic E-state index is 13.9. The zero-order chi connectivity index (χ0) is 26.0. The Morgan fingerprint density at radius 2 is 1.84 bits per heavy atom. The molecule has 1 N–H and O–H groups in total. The van der Waals surface area contributed by atoms with E-state index < -0.39 is 23.5 Å². The molecule has 0 saturated carbocycles. The standard InChI is InChI=1S/C30H27N3O3S/c1-30(2,3)36-29(35)27-25(19-37-33(27)22-10-7-15-31-17-22)28(34)24-18-32-26-16-21(13-14-23(24)26)12-11-20-8-5-4-6-9-20/h4-10,13-18,25,27,32H,19H2,1-3H3. The number of fused-ring (bicyclic) bond motifs is 1. The van der Waals surface area contributed by atoms with Crippen LogP contribution in [-0.4, -0.2) is 39.1 Å². The molecule has 0 aliphatic carbocycles. The van der Waals surface area contributed by atoms with E-state index in [0.29, 0.717) is 11.3 Å². The number of hydrogen-bond donors (Lipinski definition) is 1. The lowest BCUT2D eigenvalue weighted by molar-refractivity contribution is -0.156. The van der Waals surface area contributed by atoms with Crippen molar-refractivity contribution in [2.24, 2.45) is 5.92 Å². The van der Waals surface area contributed by atoms with E-state index in [2.05, 4.69) is 21.8 Å². The number of nitrogens with one attached hydrogen (secondary N) is 1. The number of pyridine rings is 1. The van der Waals surface area contributed by atoms with Crippen LogP contribution in [0.4, 0.5) is 5.69 Å². The van der Waals surface area contributed by atoms with Gasteiger partial charge in [0.1, 0.15) is 11.6 Å². The van der Waals surface area contributed by atoms with Crippen LogP contribution in [0.2, 0.25) is 0 Å². The molecule has 1 aliphatic heterocycles. The highest BCUT2D eigenvalue weighted by Crippen LogP contribution is 2.40. The Labute approximate surface area is 220 Å². The van der Waals surface area contributed by atoms with Gasteiger partial charge < -0.3 is 9.72 Å². The third kappa shape index (κ3) is 5.40. The lowest BCUT2D eigenvalue weighted by Crippen LogP contribution is -2.44. The number of aromatic amines is 1. The van der Waals surface area contributed by atoms with Crippen LogP contribution < -0.4 is 4.31 Å². The van der Waals surface area contributed by atoms with Gasteiger partial charge in [0.05, 0.1) is 17.8 Å². The van der Waals surface area contributed by atoms with E-state index in [1.54, 1.807) is 18.6 Å². The molecule has 2 aromatic heterocycles. The van der Waals surface area contributed by atoms with Crippen molar-refractivity contribution >= 4 is 40.3 Å². The van der Waals surface area contributed by atoms with E-state index >= 15 is 0 Å². The van der Waals surface area contributed by atoms with Crippen LogP contribution in [0.15, 0.2) is 79.3 Å². The Bertz CT molecular complexity index is 1500. The van der Waals surface area contributed by atoms with Crippen molar-refractivity contribution in [2.45, 2.75) is 32.4 Å². The normalized spacial score (nSPS) is 17.3. The van der Waals surface area contributed by atoms with Crippen molar-refractivity contribution in [2.75, 3.05) is 10.1 Å². The summed E-state index contributed by atoms with van der Waals surface area (Å²) in [6.45, 7) is 5.49. The Balaban J connectivity index is 1.45. The molecule has 1 saturated heterocycles. The molecular weight excluding hydrogens is 482 g/mol. The second-order valence-corrected chi connectivity index (χ2v) is 10.8. The average Bonchev–Trinajstić information content (AvgIpc) is 3.52. The molecule has 186 valence electrons. The zero-order valence-corrected chi connectivity index (χ0v) is 21.7. The van der Waals surface area contributed by atoms with Crippen molar-refractivity contribution in [3.63, 3.8) is 0 Å². The van der Waals surface area contributed by atoms with Crippen molar-refractivity contribution in [3.05, 3.63) is 95.9 Å². The minimum Gasteiger partial charge on any atom is -0.458 e. The molecule has 7 heteroatoms. The van der Waals surface area contributed by atoms with Crippen LogP contribution in [0.25, 0.3) is 10.9 Å². The zero-order valence-electron chi connectivity index (χ0n) is 20.9. The molecule has 3 heterocycles. The molecule has 2 unspecified atom stereocenters. The summed E-state index contributed by atoms with van der Waals surface area (Å²) in [5, 5.41) is 0.808. The molecule has 0 spiro atoms. The van der Waals surface area contributed by atoms with Gasteiger partial charge in [0.25, 0.3) is 0 Å². The second-order valence-electron chi connectivity index (χ2n) is 9.86. The first-order valence-corrected chi connectivity index (χ1v) is 13.0. The smallest absolute Gasteiger partial charge is 0.331 e. The monoisotopic (exact) mass is 509 g/mol. The third-order valence-electron chi connectivity index (χ3n) is 5.98. The van der Waals surface area contributed by atoms with Gasteiger partial charge in [-0.25, -0.2) is 4.79 Å². The van der Waals surface area contributed by atoms with Crippen LogP contribution in [0.1, 0.15) is 42.3 Å². The molecule has 0 amide bonds. The molecule has 4 aromatic rings. The molecule has 0 bridgehead atoms. The van der Waals surface area contributed by atoms with E-state index in [0.717, 1.165) is 27.7 Å². The molecule has 1 fully saturated rings. The van der Waals surface area contributed by atoms with Crippen molar-refractivity contribution in [1.29, 1.82) is 0 Å². The van der Waals surface area contributed by atoms with Crippen LogP contribution in [0, 0.1) is 17.8 Å². The molecule has 1 aliphatic rings. The minimum absolute atomic E-state index is 0.0934. The number of Topliss-reactive ketones (excluding diaryl/α,β-unsaturated/α-hetero) is 1. The molecular formula is C30H27N3O3S. The Morgan fingerprint density at radius 1 is 1.05 bits per heavy atom. The number of ether oxygens (including phenoxy) is 1. The summed E-state index contributed by atoms with van der Waals surface area (Å²) >= 11 is 1.45. The van der Waals surface area contributed by atoms with Gasteiger partial charge in [0.15, 0.2) is 5.78 Å². The molecule has 37 heavy (non-hydrogen) atoms. The van der Waals surface area contributed by atoms with E-state index in [1.165, 1.54) is 11.9 Å². The lowest BCUT2D eigenvalue weighted by Gasteiger charge is -2.29. The van der Waals surface area contributed by atoms with Crippen molar-refractivity contribution in [3.8, 4) is 11.8 Å². The molecule has 2 aromatic carbocycles. The van der Waals surface area contributed by atoms with E-state index in [9.17, 15) is 9.59 Å². The summed E-state index contributed by atoms with van der Waals surface area (Å²) in [6, 6.07) is 18.5. The number of anilines is 1. The Kier molecular flexibility index (Phi) is 6.77. The number of benzene rings is 2. The number of carbonyl (C=O) groups excluding carboxylic acids is 2. The number of hydrogen-bond acceptors (Lipinski definition) is 6. The molecule has 6 nitrogen and oxygen atoms in total. The number of aromatic nitrogens is 2. The average molecular weight is 510 g/mol. The van der Waals surface area contributed by atoms with Crippen LogP contribution in [-0.2, 0) is 9.53 Å². The van der Waals surface area contributed by atoms with Gasteiger partial charge in [0.2, 0.25) is 0 Å². The van der Waals surface area contributed by atoms with Gasteiger partial charge in [-0.1, -0.05) is 36.1 Å². The van der Waals surface area contributed by atoms with Crippen LogP contribution in [0.5, 0.6) is 0 Å². The van der Waals surface area contributed by atoms with E-state index in [-0.39, 0.29) is 5.78 Å². The fraction of sp³-hybridized carbons (Fsp3) is 0.233. The first kappa shape index (κ1) is 24.7. The van der Waals surface area contributed by atoms with E-state index in [4.69, 9.17) is 4.74 Å². The largest absolute Gasteiger partial charge is 0.458 e. The summed E-state index contributed by atoms with van der Waals surface area (Å²) in [6.07, 6.45) is 5.10. The Morgan fingerprint density at radius 3 is 2.57 bits per heavy atom. The lowest BCUT2D eigenvalue weighted by atomic mass is 9.91. The summed E-state index contributed by atoms with van der Waals surface area (Å²) < 4.78 is 7.61. The summed E-state index contributed by atoms with van der Waals surface area (Å²) in [5.74, 6) is 5.72. The third-order valence-corrected chi connectivity index (χ3v) is 7.21. The van der Waals surface area contributed by atoms with E-state index in [1.807, 2.05) is 85.7 Å². The highest BCUT2D eigenvalue weighted by molar-refractivity contribution is 8.01. The fourth-order valence-corrected chi connectivity index (χ4v) is 5.63. The number of nitrogens with zero attached hydrogens (tertiary/aromatic N) is 2. The Hall–Kier alpha value is -4.02. The maximum absolute atomic E-state index is 13.9. The van der Waals surface area contributed by atoms with Crippen molar-refractivity contribution < 1.29 is 14.3 Å². The maximum Gasteiger partial charge on any atom is 0.331 e. The minimum atomic E-state index is -0.762. The van der Waals surface area contributed by atoms with Crippen LogP contribution >= 0.6 is 11.9 Å². The second kappa shape index (κ2) is 10.2. The van der Waals surface area contributed by atoms with Gasteiger partial charge in [-0.2, -0.15) is 0 Å². The highest BCUT2D eigenvalue weighted by Gasteiger charge is 2.47. The molecule has 2 atom stereocenters. The quantitative estimate of drug-likeness (QED) is 0.166. The summed E-state index contributed by atoms with van der Waals surface area (Å²) in [4.78, 5) is 34.6. The topological polar surface area (TPSA) is 75.3 Å². The number of rotatable bonds is 4. The predicted molar refractivity (Wildman–Crippen MR) is 147 cm³/mol.